The van der Waals surface area contributed by atoms with E-state index in [1.165, 1.54) is 0 Å². The molecule has 3 atom stereocenters. The Morgan fingerprint density at radius 2 is 2.00 bits per heavy atom. The third-order valence-corrected chi connectivity index (χ3v) is 4.82. The Hall–Kier alpha value is -1.91. The van der Waals surface area contributed by atoms with Gasteiger partial charge in [0.1, 0.15) is 11.9 Å². The lowest BCUT2D eigenvalue weighted by molar-refractivity contribution is -0.220. The summed E-state index contributed by atoms with van der Waals surface area (Å²) in [5.41, 5.74) is 1.11. The van der Waals surface area contributed by atoms with Crippen molar-refractivity contribution in [1.82, 2.24) is 9.55 Å². The minimum absolute atomic E-state index is 0.210. The number of alkyl halides is 2. The summed E-state index contributed by atoms with van der Waals surface area (Å²) < 4.78 is 36.1. The van der Waals surface area contributed by atoms with E-state index >= 15 is 8.78 Å². The Bertz CT molecular complexity index is 736. The average molecular weight is 389 g/mol. The molecule has 27 heavy (non-hydrogen) atoms. The molecular weight excluding hydrogens is 364 g/mol. The maximum absolute atomic E-state index is 15.2. The van der Waals surface area contributed by atoms with E-state index in [0.29, 0.717) is 30.3 Å². The number of halogens is 2. The van der Waals surface area contributed by atoms with E-state index in [-0.39, 0.29) is 5.82 Å². The van der Waals surface area contributed by atoms with Gasteiger partial charge in [0.25, 0.3) is 5.72 Å². The van der Waals surface area contributed by atoms with Crippen LogP contribution in [0.15, 0.2) is 17.1 Å². The third-order valence-electron chi connectivity index (χ3n) is 4.82. The van der Waals surface area contributed by atoms with E-state index in [2.05, 4.69) is 4.98 Å². The molecular formula is C17H25F2N3O5. The van der Waals surface area contributed by atoms with Gasteiger partial charge in [-0.05, 0) is 18.9 Å². The standard InChI is InChI=1S/C17H25F2N3O5/c1-3-5-10(6-4-2)13(24)17(22-8-7-12(20)21-15(22)26)16(18,19)14(25)11(9-23)27-17/h7-8,10-11,14,23,25H,3-6,9H2,1-2H3,(H2,20,21,26)/t11-,14-,17-/m1/s1. The van der Waals surface area contributed by atoms with Crippen molar-refractivity contribution in [2.75, 3.05) is 12.3 Å². The highest BCUT2D eigenvalue weighted by Gasteiger charge is 2.74. The van der Waals surface area contributed by atoms with Crippen LogP contribution in [0.5, 0.6) is 0 Å². The molecule has 0 aromatic carbocycles. The number of ketones is 1. The molecule has 2 rings (SSSR count). The summed E-state index contributed by atoms with van der Waals surface area (Å²) in [5.74, 6) is -6.23. The predicted octanol–water partition coefficient (Wildman–Crippen LogP) is 0.651. The van der Waals surface area contributed by atoms with Gasteiger partial charge in [-0.25, -0.2) is 4.79 Å². The van der Waals surface area contributed by atoms with E-state index in [0.717, 1.165) is 12.3 Å². The molecule has 8 nitrogen and oxygen atoms in total. The first-order valence-electron chi connectivity index (χ1n) is 8.91. The van der Waals surface area contributed by atoms with Crippen molar-refractivity contribution < 1.29 is 28.5 Å². The van der Waals surface area contributed by atoms with Gasteiger partial charge in [-0.1, -0.05) is 26.7 Å². The Labute approximate surface area is 155 Å². The summed E-state index contributed by atoms with van der Waals surface area (Å²) in [6.07, 6.45) is -1.58. The lowest BCUT2D eigenvalue weighted by Crippen LogP contribution is -2.61. The largest absolute Gasteiger partial charge is 0.394 e. The number of anilines is 1. The van der Waals surface area contributed by atoms with Gasteiger partial charge in [0.2, 0.25) is 0 Å². The maximum atomic E-state index is 15.2. The van der Waals surface area contributed by atoms with Crippen LogP contribution in [-0.2, 0) is 15.3 Å². The zero-order valence-corrected chi connectivity index (χ0v) is 15.3. The number of hydrogen-bond donors (Lipinski definition) is 3. The molecule has 2 heterocycles. The lowest BCUT2D eigenvalue weighted by atomic mass is 9.84. The van der Waals surface area contributed by atoms with Gasteiger partial charge in [0.15, 0.2) is 11.9 Å². The number of nitrogen functional groups attached to an aromatic ring is 1. The fraction of sp³-hybridized carbons (Fsp3) is 0.706. The summed E-state index contributed by atoms with van der Waals surface area (Å²) >= 11 is 0. The van der Waals surface area contributed by atoms with Gasteiger partial charge in [-0.2, -0.15) is 13.8 Å². The molecule has 0 unspecified atom stereocenters. The number of aromatic nitrogens is 2. The molecule has 1 aliphatic rings. The summed E-state index contributed by atoms with van der Waals surface area (Å²) in [7, 11) is 0. The summed E-state index contributed by atoms with van der Waals surface area (Å²) in [6.45, 7) is 2.66. The van der Waals surface area contributed by atoms with Gasteiger partial charge in [-0.3, -0.25) is 9.36 Å². The van der Waals surface area contributed by atoms with Gasteiger partial charge in [0, 0.05) is 12.1 Å². The van der Waals surface area contributed by atoms with E-state index in [4.69, 9.17) is 10.5 Å². The molecule has 0 spiro atoms. The Morgan fingerprint density at radius 3 is 2.44 bits per heavy atom. The number of ether oxygens (including phenoxy) is 1. The zero-order valence-electron chi connectivity index (χ0n) is 15.3. The van der Waals surface area contributed by atoms with E-state index in [1.807, 2.05) is 0 Å². The number of carbonyl (C=O) groups is 1. The summed E-state index contributed by atoms with van der Waals surface area (Å²) in [6, 6.07) is 1.09. The van der Waals surface area contributed by atoms with Crippen molar-refractivity contribution in [1.29, 1.82) is 0 Å². The Morgan fingerprint density at radius 1 is 1.41 bits per heavy atom. The molecule has 1 aliphatic heterocycles. The highest BCUT2D eigenvalue weighted by molar-refractivity contribution is 5.89. The highest BCUT2D eigenvalue weighted by atomic mass is 19.3. The second-order valence-electron chi connectivity index (χ2n) is 6.69. The number of nitrogens with two attached hydrogens (primary N) is 1. The third kappa shape index (κ3) is 3.37. The normalized spacial score (nSPS) is 27.2. The second-order valence-corrected chi connectivity index (χ2v) is 6.69. The average Bonchev–Trinajstić information content (AvgIpc) is 2.82. The molecule has 1 saturated heterocycles. The molecule has 10 heteroatoms. The molecule has 1 aromatic heterocycles. The van der Waals surface area contributed by atoms with Crippen molar-refractivity contribution in [3.8, 4) is 0 Å². The number of aliphatic hydroxyl groups excluding tert-OH is 2. The van der Waals surface area contributed by atoms with Crippen molar-refractivity contribution in [3.05, 3.63) is 22.7 Å². The minimum Gasteiger partial charge on any atom is -0.394 e. The smallest absolute Gasteiger partial charge is 0.352 e. The summed E-state index contributed by atoms with van der Waals surface area (Å²) in [5, 5.41) is 19.3. The zero-order chi connectivity index (χ0) is 20.4. The quantitative estimate of drug-likeness (QED) is 0.596. The number of hydrogen-bond acceptors (Lipinski definition) is 7. The fourth-order valence-corrected chi connectivity index (χ4v) is 3.53. The molecule has 0 radical (unpaired) electrons. The Kier molecular flexibility index (Phi) is 6.33. The number of rotatable bonds is 8. The van der Waals surface area contributed by atoms with Crippen LogP contribution in [0.1, 0.15) is 39.5 Å². The first kappa shape index (κ1) is 21.4. The van der Waals surface area contributed by atoms with Gasteiger partial charge in [0.05, 0.1) is 6.61 Å². The van der Waals surface area contributed by atoms with Crippen molar-refractivity contribution in [3.63, 3.8) is 0 Å². The molecule has 0 aliphatic carbocycles. The van der Waals surface area contributed by atoms with Gasteiger partial charge in [-0.15, -0.1) is 0 Å². The molecule has 152 valence electrons. The van der Waals surface area contributed by atoms with Crippen LogP contribution in [-0.4, -0.2) is 50.3 Å². The summed E-state index contributed by atoms with van der Waals surface area (Å²) in [4.78, 5) is 29.0. The van der Waals surface area contributed by atoms with Crippen molar-refractivity contribution in [2.45, 2.75) is 63.4 Å². The van der Waals surface area contributed by atoms with Crippen LogP contribution in [0.4, 0.5) is 14.6 Å². The number of carbonyl (C=O) groups excluding carboxylic acids is 1. The molecule has 1 fully saturated rings. The van der Waals surface area contributed by atoms with Crippen LogP contribution in [0.25, 0.3) is 0 Å². The molecule has 4 N–H and O–H groups in total. The van der Waals surface area contributed by atoms with Crippen molar-refractivity contribution in [2.24, 2.45) is 5.92 Å². The first-order valence-corrected chi connectivity index (χ1v) is 8.91. The van der Waals surface area contributed by atoms with E-state index in [1.54, 1.807) is 13.8 Å². The van der Waals surface area contributed by atoms with E-state index < -0.39 is 47.9 Å². The topological polar surface area (TPSA) is 128 Å². The lowest BCUT2D eigenvalue weighted by Gasteiger charge is -2.36. The van der Waals surface area contributed by atoms with Gasteiger partial charge < -0.3 is 20.7 Å². The van der Waals surface area contributed by atoms with E-state index in [9.17, 15) is 19.8 Å². The Balaban J connectivity index is 2.73. The molecule has 0 bridgehead atoms. The second kappa shape index (κ2) is 7.99. The number of nitrogens with zero attached hydrogens (tertiary/aromatic N) is 2. The number of aliphatic hydroxyl groups is 2. The van der Waals surface area contributed by atoms with Crippen LogP contribution in [0, 0.1) is 5.92 Å². The number of Topliss-reactive ketones (excluding diaryl/α,β-unsaturated/α-hetero) is 1. The monoisotopic (exact) mass is 389 g/mol. The first-order chi connectivity index (χ1) is 12.7. The van der Waals surface area contributed by atoms with Gasteiger partial charge >= 0.3 is 11.6 Å². The molecule has 1 aromatic rings. The minimum atomic E-state index is -4.17. The van der Waals surface area contributed by atoms with Crippen LogP contribution >= 0.6 is 0 Å². The fourth-order valence-electron chi connectivity index (χ4n) is 3.53. The molecule has 0 saturated carbocycles. The SMILES string of the molecule is CCCC(CCC)C(=O)[C@@]1(n2ccc(N)nc2=O)O[C@H](CO)[C@@H](O)C1(F)F. The van der Waals surface area contributed by atoms with Crippen molar-refractivity contribution >= 4 is 11.6 Å². The maximum Gasteiger partial charge on any atom is 0.352 e. The molecule has 0 amide bonds. The van der Waals surface area contributed by atoms with Crippen LogP contribution < -0.4 is 11.4 Å². The van der Waals surface area contributed by atoms with Crippen LogP contribution in [0.2, 0.25) is 0 Å². The predicted molar refractivity (Wildman–Crippen MR) is 92.1 cm³/mol. The highest BCUT2D eigenvalue weighted by Crippen LogP contribution is 2.49. The van der Waals surface area contributed by atoms with Crippen LogP contribution in [0.3, 0.4) is 0 Å².